The Balaban J connectivity index is 1.57. The van der Waals surface area contributed by atoms with Crippen LogP contribution >= 0.6 is 0 Å². The molecule has 6 heteroatoms. The van der Waals surface area contributed by atoms with Crippen LogP contribution in [-0.4, -0.2) is 39.0 Å². The molecule has 1 saturated heterocycles. The Kier molecular flexibility index (Phi) is 5.52. The van der Waals surface area contributed by atoms with Crippen molar-refractivity contribution in [2.75, 3.05) is 26.3 Å². The van der Waals surface area contributed by atoms with Gasteiger partial charge in [-0.1, -0.05) is 42.5 Å². The van der Waals surface area contributed by atoms with E-state index < -0.39 is 10.0 Å². The van der Waals surface area contributed by atoms with Gasteiger partial charge in [-0.3, -0.25) is 0 Å². The van der Waals surface area contributed by atoms with E-state index in [-0.39, 0.29) is 0 Å². The van der Waals surface area contributed by atoms with E-state index in [1.54, 1.807) is 12.1 Å². The molecule has 0 amide bonds. The predicted molar refractivity (Wildman–Crippen MR) is 107 cm³/mol. The van der Waals surface area contributed by atoms with Crippen LogP contribution < -0.4 is 4.57 Å². The highest BCUT2D eigenvalue weighted by molar-refractivity contribution is 7.89. The van der Waals surface area contributed by atoms with Crippen molar-refractivity contribution < 1.29 is 17.7 Å². The Labute approximate surface area is 165 Å². The lowest BCUT2D eigenvalue weighted by Gasteiger charge is -2.26. The Hall–Kier alpha value is -2.54. The zero-order valence-electron chi connectivity index (χ0n) is 15.6. The topological polar surface area (TPSA) is 50.5 Å². The summed E-state index contributed by atoms with van der Waals surface area (Å²) in [6, 6.07) is 21.5. The number of aromatic nitrogens is 1. The molecule has 3 aromatic rings. The molecule has 2 aromatic carbocycles. The first-order chi connectivity index (χ1) is 13.6. The normalized spacial score (nSPS) is 15.4. The first-order valence-electron chi connectivity index (χ1n) is 9.34. The summed E-state index contributed by atoms with van der Waals surface area (Å²) >= 11 is 0. The number of ether oxygens (including phenoxy) is 1. The van der Waals surface area contributed by atoms with Gasteiger partial charge in [0.05, 0.1) is 18.1 Å². The summed E-state index contributed by atoms with van der Waals surface area (Å²) in [6.07, 6.45) is 4.08. The van der Waals surface area contributed by atoms with E-state index in [0.717, 1.165) is 16.7 Å². The Morgan fingerprint density at radius 1 is 0.893 bits per heavy atom. The highest BCUT2D eigenvalue weighted by Gasteiger charge is 2.26. The van der Waals surface area contributed by atoms with E-state index in [1.807, 2.05) is 42.6 Å². The van der Waals surface area contributed by atoms with Gasteiger partial charge in [-0.15, -0.1) is 0 Å². The van der Waals surface area contributed by atoms with Gasteiger partial charge in [0.25, 0.3) is 0 Å². The Bertz CT molecular complexity index is 1050. The Morgan fingerprint density at radius 2 is 1.64 bits per heavy atom. The molecular weight excluding hydrogens is 372 g/mol. The summed E-state index contributed by atoms with van der Waals surface area (Å²) in [5, 5.41) is 0. The van der Waals surface area contributed by atoms with Crippen molar-refractivity contribution in [3.05, 3.63) is 84.7 Å². The Morgan fingerprint density at radius 3 is 2.43 bits per heavy atom. The van der Waals surface area contributed by atoms with E-state index >= 15 is 0 Å². The zero-order valence-corrected chi connectivity index (χ0v) is 16.4. The maximum atomic E-state index is 12.9. The van der Waals surface area contributed by atoms with Gasteiger partial charge in [-0.25, -0.2) is 13.0 Å². The monoisotopic (exact) mass is 395 g/mol. The third-order valence-corrected chi connectivity index (χ3v) is 6.73. The van der Waals surface area contributed by atoms with Crippen LogP contribution in [0.25, 0.3) is 11.1 Å². The molecule has 1 aliphatic rings. The van der Waals surface area contributed by atoms with Crippen molar-refractivity contribution in [1.82, 2.24) is 4.31 Å². The number of hydrogen-bond acceptors (Lipinski definition) is 3. The molecule has 1 aliphatic heterocycles. The van der Waals surface area contributed by atoms with Gasteiger partial charge in [-0.2, -0.15) is 4.31 Å². The maximum absolute atomic E-state index is 12.9. The largest absolute Gasteiger partial charge is 0.379 e. The minimum Gasteiger partial charge on any atom is -0.379 e. The van der Waals surface area contributed by atoms with Crippen molar-refractivity contribution in [3.8, 4) is 11.1 Å². The fraction of sp³-hybridized carbons (Fsp3) is 0.227. The lowest BCUT2D eigenvalue weighted by molar-refractivity contribution is -0.687. The molecule has 5 nitrogen and oxygen atoms in total. The molecule has 1 fully saturated rings. The minimum atomic E-state index is -3.48. The third kappa shape index (κ3) is 4.14. The molecule has 0 spiro atoms. The SMILES string of the molecule is O=S(=O)(c1cccc(C[n+]2cccc(-c3ccccc3)c2)c1)N1CCOCC1. The predicted octanol–water partition coefficient (Wildman–Crippen LogP) is 2.71. The van der Waals surface area contributed by atoms with Crippen LogP contribution in [0.2, 0.25) is 0 Å². The van der Waals surface area contributed by atoms with Gasteiger partial charge in [0.1, 0.15) is 0 Å². The molecule has 4 rings (SSSR count). The smallest absolute Gasteiger partial charge is 0.243 e. The third-order valence-electron chi connectivity index (χ3n) is 4.84. The van der Waals surface area contributed by atoms with Gasteiger partial charge in [0, 0.05) is 30.3 Å². The molecule has 144 valence electrons. The molecule has 28 heavy (non-hydrogen) atoms. The second-order valence-electron chi connectivity index (χ2n) is 6.79. The number of pyridine rings is 1. The number of morpholine rings is 1. The first kappa shape index (κ1) is 18.8. The summed E-state index contributed by atoms with van der Waals surface area (Å²) in [7, 11) is -3.48. The van der Waals surface area contributed by atoms with Crippen molar-refractivity contribution in [1.29, 1.82) is 0 Å². The van der Waals surface area contributed by atoms with E-state index in [4.69, 9.17) is 4.74 Å². The van der Waals surface area contributed by atoms with Gasteiger partial charge in [0.2, 0.25) is 10.0 Å². The number of benzene rings is 2. The van der Waals surface area contributed by atoms with Crippen LogP contribution in [-0.2, 0) is 21.3 Å². The summed E-state index contributed by atoms with van der Waals surface area (Å²) in [5.74, 6) is 0. The average molecular weight is 396 g/mol. The number of rotatable bonds is 5. The van der Waals surface area contributed by atoms with E-state index in [1.165, 1.54) is 4.31 Å². The lowest BCUT2D eigenvalue weighted by Crippen LogP contribution is -2.40. The molecule has 1 aromatic heterocycles. The second kappa shape index (κ2) is 8.22. The first-order valence-corrected chi connectivity index (χ1v) is 10.8. The van der Waals surface area contributed by atoms with Crippen LogP contribution in [0, 0.1) is 0 Å². The molecule has 0 bridgehead atoms. The van der Waals surface area contributed by atoms with E-state index in [2.05, 4.69) is 29.0 Å². The summed E-state index contributed by atoms with van der Waals surface area (Å²) in [4.78, 5) is 0.340. The van der Waals surface area contributed by atoms with Crippen LogP contribution in [0.15, 0.2) is 84.0 Å². The van der Waals surface area contributed by atoms with Gasteiger partial charge in [0.15, 0.2) is 18.9 Å². The quantitative estimate of drug-likeness (QED) is 0.624. The number of sulfonamides is 1. The second-order valence-corrected chi connectivity index (χ2v) is 8.73. The number of hydrogen-bond donors (Lipinski definition) is 0. The van der Waals surface area contributed by atoms with Crippen LogP contribution in [0.4, 0.5) is 0 Å². The standard InChI is InChI=1S/C22H23N2O3S/c25-28(26,24-12-14-27-15-13-24)22-10-4-6-19(16-22)17-23-11-5-9-21(18-23)20-7-2-1-3-8-20/h1-11,16,18H,12-15,17H2/q+1. The number of nitrogens with zero attached hydrogens (tertiary/aromatic N) is 2. The average Bonchev–Trinajstić information content (AvgIpc) is 2.75. The molecule has 0 saturated carbocycles. The van der Waals surface area contributed by atoms with Crippen molar-refractivity contribution in [3.63, 3.8) is 0 Å². The summed E-state index contributed by atoms with van der Waals surface area (Å²) < 4.78 is 34.6. The fourth-order valence-electron chi connectivity index (χ4n) is 3.37. The molecule has 0 N–H and O–H groups in total. The minimum absolute atomic E-state index is 0.340. The summed E-state index contributed by atoms with van der Waals surface area (Å²) in [6.45, 7) is 2.30. The van der Waals surface area contributed by atoms with E-state index in [0.29, 0.717) is 37.7 Å². The molecule has 0 radical (unpaired) electrons. The fourth-order valence-corrected chi connectivity index (χ4v) is 4.85. The summed E-state index contributed by atoms with van der Waals surface area (Å²) in [5.41, 5.74) is 3.23. The molecule has 0 unspecified atom stereocenters. The molecule has 0 aliphatic carbocycles. The lowest BCUT2D eigenvalue weighted by atomic mass is 10.1. The van der Waals surface area contributed by atoms with E-state index in [9.17, 15) is 8.42 Å². The molecular formula is C22H23N2O3S+. The van der Waals surface area contributed by atoms with Gasteiger partial charge >= 0.3 is 0 Å². The highest BCUT2D eigenvalue weighted by atomic mass is 32.2. The molecule has 2 heterocycles. The van der Waals surface area contributed by atoms with Gasteiger partial charge < -0.3 is 4.74 Å². The zero-order chi connectivity index (χ0) is 19.4. The van der Waals surface area contributed by atoms with Gasteiger partial charge in [-0.05, 0) is 23.8 Å². The maximum Gasteiger partial charge on any atom is 0.243 e. The van der Waals surface area contributed by atoms with Crippen molar-refractivity contribution >= 4 is 10.0 Å². The van der Waals surface area contributed by atoms with Crippen molar-refractivity contribution in [2.45, 2.75) is 11.4 Å². The van der Waals surface area contributed by atoms with Crippen LogP contribution in [0.1, 0.15) is 5.56 Å². The molecule has 0 atom stereocenters. The van der Waals surface area contributed by atoms with Crippen LogP contribution in [0.3, 0.4) is 0 Å². The van der Waals surface area contributed by atoms with Crippen molar-refractivity contribution in [2.24, 2.45) is 0 Å². The van der Waals surface area contributed by atoms with Crippen LogP contribution in [0.5, 0.6) is 0 Å². The highest BCUT2D eigenvalue weighted by Crippen LogP contribution is 2.19.